The van der Waals surface area contributed by atoms with E-state index in [1.165, 1.54) is 18.1 Å². The number of nitrogens with zero attached hydrogens (tertiary/aromatic N) is 1. The molecule has 33 heavy (non-hydrogen) atoms. The Hall–Kier alpha value is -4.06. The number of fused-ring (bicyclic) bond motifs is 10. The zero-order valence-electron chi connectivity index (χ0n) is 18.1. The number of aldehydes is 1. The zero-order valence-corrected chi connectivity index (χ0v) is 18.1. The van der Waals surface area contributed by atoms with E-state index < -0.39 is 0 Å². The molecule has 0 radical (unpaired) electrons. The summed E-state index contributed by atoms with van der Waals surface area (Å²) in [6.07, 6.45) is 4.15. The SMILES string of the molecule is CC(=O)OCCCn1c2ccc(C=O)cc2c2c3c[nH]c(O)c3c3c(c21)Cc1ccccc1-3. The van der Waals surface area contributed by atoms with Crippen molar-refractivity contribution in [2.75, 3.05) is 6.61 Å². The Morgan fingerprint density at radius 1 is 1.18 bits per heavy atom. The summed E-state index contributed by atoms with van der Waals surface area (Å²) >= 11 is 0. The van der Waals surface area contributed by atoms with E-state index in [-0.39, 0.29) is 11.8 Å². The first-order chi connectivity index (χ1) is 16.1. The molecule has 2 heterocycles. The van der Waals surface area contributed by atoms with Gasteiger partial charge in [-0.25, -0.2) is 0 Å². The minimum Gasteiger partial charge on any atom is -0.494 e. The lowest BCUT2D eigenvalue weighted by Crippen LogP contribution is -2.06. The molecule has 1 aliphatic rings. The number of aryl methyl sites for hydroxylation is 1. The van der Waals surface area contributed by atoms with Gasteiger partial charge in [-0.15, -0.1) is 0 Å². The van der Waals surface area contributed by atoms with Gasteiger partial charge in [-0.05, 0) is 41.3 Å². The van der Waals surface area contributed by atoms with Crippen molar-refractivity contribution in [3.8, 4) is 17.0 Å². The second-order valence-electron chi connectivity index (χ2n) is 8.58. The van der Waals surface area contributed by atoms with Crippen LogP contribution in [0.3, 0.4) is 0 Å². The molecule has 0 unspecified atom stereocenters. The molecule has 0 saturated heterocycles. The first kappa shape index (κ1) is 19.6. The molecule has 0 aliphatic heterocycles. The van der Waals surface area contributed by atoms with E-state index in [0.29, 0.717) is 25.1 Å². The highest BCUT2D eigenvalue weighted by atomic mass is 16.5. The van der Waals surface area contributed by atoms with Crippen molar-refractivity contribution in [3.05, 3.63) is 65.4 Å². The van der Waals surface area contributed by atoms with Crippen molar-refractivity contribution in [2.45, 2.75) is 26.3 Å². The fourth-order valence-corrected chi connectivity index (χ4v) is 5.41. The summed E-state index contributed by atoms with van der Waals surface area (Å²) < 4.78 is 7.46. The quantitative estimate of drug-likeness (QED) is 0.217. The molecule has 0 bridgehead atoms. The predicted molar refractivity (Wildman–Crippen MR) is 128 cm³/mol. The first-order valence-corrected chi connectivity index (χ1v) is 11.1. The summed E-state index contributed by atoms with van der Waals surface area (Å²) in [7, 11) is 0. The van der Waals surface area contributed by atoms with Crippen LogP contribution in [0, 0.1) is 0 Å². The highest BCUT2D eigenvalue weighted by molar-refractivity contribution is 6.27. The van der Waals surface area contributed by atoms with E-state index in [4.69, 9.17) is 4.74 Å². The molecular formula is C27H22N2O4. The summed E-state index contributed by atoms with van der Waals surface area (Å²) in [6.45, 7) is 2.43. The molecule has 0 saturated carbocycles. The number of aromatic amines is 1. The molecule has 6 rings (SSSR count). The Morgan fingerprint density at radius 2 is 2.03 bits per heavy atom. The van der Waals surface area contributed by atoms with E-state index in [1.807, 2.05) is 36.5 Å². The molecule has 0 atom stereocenters. The van der Waals surface area contributed by atoms with Crippen molar-refractivity contribution in [1.82, 2.24) is 9.55 Å². The lowest BCUT2D eigenvalue weighted by Gasteiger charge is -2.12. The monoisotopic (exact) mass is 438 g/mol. The Balaban J connectivity index is 1.71. The van der Waals surface area contributed by atoms with Gasteiger partial charge in [0.25, 0.3) is 0 Å². The molecule has 3 aromatic carbocycles. The smallest absolute Gasteiger partial charge is 0.302 e. The molecule has 6 nitrogen and oxygen atoms in total. The van der Waals surface area contributed by atoms with Crippen molar-refractivity contribution >= 4 is 44.8 Å². The molecule has 0 fully saturated rings. The zero-order chi connectivity index (χ0) is 22.7. The summed E-state index contributed by atoms with van der Waals surface area (Å²) in [6, 6.07) is 14.0. The van der Waals surface area contributed by atoms with Crippen LogP contribution in [-0.2, 0) is 22.5 Å². The largest absolute Gasteiger partial charge is 0.494 e. The maximum absolute atomic E-state index is 11.6. The molecule has 0 spiro atoms. The summed E-state index contributed by atoms with van der Waals surface area (Å²) in [5.41, 5.74) is 7.33. The first-order valence-electron chi connectivity index (χ1n) is 11.1. The third-order valence-electron chi connectivity index (χ3n) is 6.68. The van der Waals surface area contributed by atoms with Gasteiger partial charge in [-0.3, -0.25) is 9.59 Å². The number of carbonyl (C=O) groups excluding carboxylic acids is 2. The van der Waals surface area contributed by atoms with Crippen LogP contribution in [0.1, 0.15) is 34.8 Å². The molecule has 2 N–H and O–H groups in total. The standard InChI is InChI=1S/C27H22N2O4/c1-15(31)33-10-4-9-29-22-8-7-16(14-30)11-19(22)24-21-13-28-27(32)25(21)23-18-6-3-2-5-17(18)12-20(23)26(24)29/h2-3,5-8,11,13-14,28,32H,4,9-10,12H2,1H3. The fraction of sp³-hybridized carbons (Fsp3) is 0.185. The van der Waals surface area contributed by atoms with Crippen LogP contribution < -0.4 is 0 Å². The summed E-state index contributed by atoms with van der Waals surface area (Å²) in [5.74, 6) is -0.129. The minimum absolute atomic E-state index is 0.155. The van der Waals surface area contributed by atoms with E-state index in [9.17, 15) is 14.7 Å². The van der Waals surface area contributed by atoms with Gasteiger partial charge in [0.1, 0.15) is 6.29 Å². The number of esters is 1. The maximum atomic E-state index is 11.6. The number of rotatable bonds is 5. The van der Waals surface area contributed by atoms with Crippen LogP contribution in [-0.4, -0.2) is 33.5 Å². The number of aromatic nitrogens is 2. The van der Waals surface area contributed by atoms with E-state index in [0.717, 1.165) is 56.4 Å². The van der Waals surface area contributed by atoms with Gasteiger partial charge in [0.05, 0.1) is 17.5 Å². The van der Waals surface area contributed by atoms with Gasteiger partial charge in [-0.2, -0.15) is 0 Å². The third-order valence-corrected chi connectivity index (χ3v) is 6.68. The number of hydrogen-bond acceptors (Lipinski definition) is 4. The lowest BCUT2D eigenvalue weighted by molar-refractivity contribution is -0.141. The lowest BCUT2D eigenvalue weighted by atomic mass is 9.96. The second-order valence-corrected chi connectivity index (χ2v) is 8.58. The number of hydrogen-bond donors (Lipinski definition) is 2. The number of benzene rings is 3. The van der Waals surface area contributed by atoms with Crippen molar-refractivity contribution in [2.24, 2.45) is 0 Å². The molecule has 1 aliphatic carbocycles. The van der Waals surface area contributed by atoms with Crippen LogP contribution in [0.2, 0.25) is 0 Å². The van der Waals surface area contributed by atoms with Gasteiger partial charge in [-0.1, -0.05) is 24.3 Å². The highest BCUT2D eigenvalue weighted by Gasteiger charge is 2.29. The molecule has 6 heteroatoms. The molecule has 164 valence electrons. The second kappa shape index (κ2) is 7.24. The maximum Gasteiger partial charge on any atom is 0.302 e. The molecule has 0 amide bonds. The van der Waals surface area contributed by atoms with Crippen LogP contribution in [0.5, 0.6) is 5.88 Å². The summed E-state index contributed by atoms with van der Waals surface area (Å²) in [5, 5.41) is 14.6. The van der Waals surface area contributed by atoms with Gasteiger partial charge in [0, 0.05) is 58.9 Å². The fourth-order valence-electron chi connectivity index (χ4n) is 5.41. The minimum atomic E-state index is -0.284. The van der Waals surface area contributed by atoms with Gasteiger partial charge in [0.15, 0.2) is 5.88 Å². The average Bonchev–Trinajstić information content (AvgIpc) is 3.47. The highest BCUT2D eigenvalue weighted by Crippen LogP contribution is 2.50. The van der Waals surface area contributed by atoms with Crippen LogP contribution in [0.25, 0.3) is 43.7 Å². The Morgan fingerprint density at radius 3 is 2.85 bits per heavy atom. The van der Waals surface area contributed by atoms with Gasteiger partial charge in [0.2, 0.25) is 0 Å². The molecule has 2 aromatic heterocycles. The van der Waals surface area contributed by atoms with E-state index in [2.05, 4.69) is 21.7 Å². The Kier molecular flexibility index (Phi) is 4.30. The number of ether oxygens (including phenoxy) is 1. The Bertz CT molecular complexity index is 1610. The van der Waals surface area contributed by atoms with Gasteiger partial charge < -0.3 is 19.4 Å². The topological polar surface area (TPSA) is 84.3 Å². The van der Waals surface area contributed by atoms with Crippen molar-refractivity contribution in [1.29, 1.82) is 0 Å². The third kappa shape index (κ3) is 2.80. The van der Waals surface area contributed by atoms with E-state index >= 15 is 0 Å². The predicted octanol–water partition coefficient (Wildman–Crippen LogP) is 5.32. The Labute approximate surface area is 189 Å². The van der Waals surface area contributed by atoms with Crippen LogP contribution in [0.4, 0.5) is 0 Å². The van der Waals surface area contributed by atoms with Crippen LogP contribution >= 0.6 is 0 Å². The number of nitrogens with one attached hydrogen (secondary N) is 1. The van der Waals surface area contributed by atoms with E-state index in [1.54, 1.807) is 0 Å². The molecular weight excluding hydrogens is 416 g/mol. The number of carbonyl (C=O) groups is 2. The normalized spacial score (nSPS) is 12.4. The van der Waals surface area contributed by atoms with Crippen molar-refractivity contribution in [3.63, 3.8) is 0 Å². The molecule has 5 aromatic rings. The van der Waals surface area contributed by atoms with Gasteiger partial charge >= 0.3 is 5.97 Å². The summed E-state index contributed by atoms with van der Waals surface area (Å²) in [4.78, 5) is 25.8. The van der Waals surface area contributed by atoms with Crippen molar-refractivity contribution < 1.29 is 19.4 Å². The number of H-pyrrole nitrogens is 1. The average molecular weight is 438 g/mol. The van der Waals surface area contributed by atoms with Crippen LogP contribution in [0.15, 0.2) is 48.7 Å². The number of aromatic hydroxyl groups is 1.